The largest absolute Gasteiger partial charge is 0.483 e. The first kappa shape index (κ1) is 18.1. The van der Waals surface area contributed by atoms with Crippen LogP contribution in [0.25, 0.3) is 0 Å². The average molecular weight is 363 g/mol. The fourth-order valence-corrected chi connectivity index (χ4v) is 2.99. The summed E-state index contributed by atoms with van der Waals surface area (Å²) in [5, 5.41) is 12.7. The van der Waals surface area contributed by atoms with Gasteiger partial charge in [-0.15, -0.1) is 0 Å². The first-order valence-electron chi connectivity index (χ1n) is 8.30. The summed E-state index contributed by atoms with van der Waals surface area (Å²) >= 11 is 0. The maximum Gasteiger partial charge on any atom is 0.387 e. The van der Waals surface area contributed by atoms with E-state index in [2.05, 4.69) is 10.1 Å². The lowest BCUT2D eigenvalue weighted by atomic mass is 9.89. The second-order valence-corrected chi connectivity index (χ2v) is 5.97. The minimum absolute atomic E-state index is 0.0173. The first-order valence-corrected chi connectivity index (χ1v) is 8.30. The SMILES string of the molecule is O=C(COc1cccc2c1CCC[C@@H]2O)Nc1ccc(OC(F)F)cc1. The highest BCUT2D eigenvalue weighted by Crippen LogP contribution is 2.35. The van der Waals surface area contributed by atoms with Crippen LogP contribution >= 0.6 is 0 Å². The standard InChI is InChI=1S/C19H19F2NO4/c20-19(21)26-13-9-7-12(8-10-13)22-18(24)11-25-17-6-2-3-14-15(17)4-1-5-16(14)23/h2-3,6-10,16,19,23H,1,4-5,11H2,(H,22,24)/t16-/m0/s1. The van der Waals surface area contributed by atoms with E-state index in [9.17, 15) is 18.7 Å². The van der Waals surface area contributed by atoms with Crippen LogP contribution in [-0.4, -0.2) is 24.2 Å². The van der Waals surface area contributed by atoms with Crippen LogP contribution in [0.15, 0.2) is 42.5 Å². The van der Waals surface area contributed by atoms with E-state index in [1.807, 2.05) is 6.07 Å². The Morgan fingerprint density at radius 2 is 2.00 bits per heavy atom. The van der Waals surface area contributed by atoms with Gasteiger partial charge in [0.2, 0.25) is 0 Å². The van der Waals surface area contributed by atoms with Gasteiger partial charge in [0.1, 0.15) is 11.5 Å². The van der Waals surface area contributed by atoms with Crippen molar-refractivity contribution in [1.82, 2.24) is 0 Å². The Morgan fingerprint density at radius 3 is 2.73 bits per heavy atom. The Labute approximate surface area is 149 Å². The fourth-order valence-electron chi connectivity index (χ4n) is 2.99. The van der Waals surface area contributed by atoms with Gasteiger partial charge in [0.05, 0.1) is 6.10 Å². The number of nitrogens with one attached hydrogen (secondary N) is 1. The number of aliphatic hydroxyl groups is 1. The topological polar surface area (TPSA) is 67.8 Å². The molecule has 0 saturated heterocycles. The highest BCUT2D eigenvalue weighted by Gasteiger charge is 2.21. The number of amides is 1. The molecule has 3 rings (SSSR count). The minimum atomic E-state index is -2.89. The van der Waals surface area contributed by atoms with Crippen LogP contribution in [0.4, 0.5) is 14.5 Å². The predicted octanol–water partition coefficient (Wildman–Crippen LogP) is 3.68. The van der Waals surface area contributed by atoms with Gasteiger partial charge < -0.3 is 19.9 Å². The van der Waals surface area contributed by atoms with Gasteiger partial charge in [-0.1, -0.05) is 12.1 Å². The third-order valence-corrected chi connectivity index (χ3v) is 4.15. The number of benzene rings is 2. The predicted molar refractivity (Wildman–Crippen MR) is 91.5 cm³/mol. The van der Waals surface area contributed by atoms with E-state index in [1.165, 1.54) is 24.3 Å². The Hall–Kier alpha value is -2.67. The molecular formula is C19H19F2NO4. The number of aliphatic hydroxyl groups excluding tert-OH is 1. The summed E-state index contributed by atoms with van der Waals surface area (Å²) < 4.78 is 34.1. The van der Waals surface area contributed by atoms with Gasteiger partial charge in [-0.25, -0.2) is 0 Å². The molecule has 2 aromatic carbocycles. The van der Waals surface area contributed by atoms with Crippen molar-refractivity contribution in [3.63, 3.8) is 0 Å². The van der Waals surface area contributed by atoms with Crippen molar-refractivity contribution in [1.29, 1.82) is 0 Å². The lowest BCUT2D eigenvalue weighted by Gasteiger charge is -2.23. The Bertz CT molecular complexity index is 765. The minimum Gasteiger partial charge on any atom is -0.483 e. The highest BCUT2D eigenvalue weighted by atomic mass is 19.3. The lowest BCUT2D eigenvalue weighted by molar-refractivity contribution is -0.118. The summed E-state index contributed by atoms with van der Waals surface area (Å²) in [5.41, 5.74) is 2.24. The zero-order valence-corrected chi connectivity index (χ0v) is 14.0. The Kier molecular flexibility index (Phi) is 5.68. The molecule has 0 bridgehead atoms. The van der Waals surface area contributed by atoms with Crippen LogP contribution in [0.1, 0.15) is 30.1 Å². The Balaban J connectivity index is 1.57. The molecular weight excluding hydrogens is 344 g/mol. The number of anilines is 1. The smallest absolute Gasteiger partial charge is 0.387 e. The van der Waals surface area contributed by atoms with Crippen LogP contribution in [0, 0.1) is 0 Å². The van der Waals surface area contributed by atoms with E-state index in [4.69, 9.17) is 4.74 Å². The van der Waals surface area contributed by atoms with Gasteiger partial charge in [-0.05, 0) is 60.7 Å². The monoisotopic (exact) mass is 363 g/mol. The molecule has 0 heterocycles. The number of alkyl halides is 2. The fraction of sp³-hybridized carbons (Fsp3) is 0.316. The molecule has 1 aliphatic carbocycles. The molecule has 1 atom stereocenters. The molecule has 0 spiro atoms. The van der Waals surface area contributed by atoms with Gasteiger partial charge in [-0.3, -0.25) is 4.79 Å². The second-order valence-electron chi connectivity index (χ2n) is 5.97. The number of rotatable bonds is 6. The quantitative estimate of drug-likeness (QED) is 0.822. The van der Waals surface area contributed by atoms with Crippen LogP contribution < -0.4 is 14.8 Å². The molecule has 2 N–H and O–H groups in total. The molecule has 0 aromatic heterocycles. The number of carbonyl (C=O) groups excluding carboxylic acids is 1. The van der Waals surface area contributed by atoms with Gasteiger partial charge in [0.15, 0.2) is 6.61 Å². The number of ether oxygens (including phenoxy) is 2. The summed E-state index contributed by atoms with van der Waals surface area (Å²) in [4.78, 5) is 12.0. The summed E-state index contributed by atoms with van der Waals surface area (Å²) in [6.07, 6.45) is 1.90. The van der Waals surface area contributed by atoms with Crippen molar-refractivity contribution in [2.45, 2.75) is 32.0 Å². The molecule has 7 heteroatoms. The number of carbonyl (C=O) groups is 1. The van der Waals surface area contributed by atoms with Crippen LogP contribution in [0.2, 0.25) is 0 Å². The van der Waals surface area contributed by atoms with E-state index in [-0.39, 0.29) is 18.3 Å². The zero-order valence-electron chi connectivity index (χ0n) is 14.0. The van der Waals surface area contributed by atoms with Crippen LogP contribution in [0.5, 0.6) is 11.5 Å². The van der Waals surface area contributed by atoms with Crippen molar-refractivity contribution in [2.24, 2.45) is 0 Å². The van der Waals surface area contributed by atoms with E-state index < -0.39 is 12.7 Å². The summed E-state index contributed by atoms with van der Waals surface area (Å²) in [6.45, 7) is -3.08. The van der Waals surface area contributed by atoms with Crippen LogP contribution in [0.3, 0.4) is 0 Å². The number of hydrogen-bond acceptors (Lipinski definition) is 4. The molecule has 0 saturated carbocycles. The molecule has 26 heavy (non-hydrogen) atoms. The Morgan fingerprint density at radius 1 is 1.23 bits per heavy atom. The maximum absolute atomic E-state index is 12.1. The van der Waals surface area contributed by atoms with Crippen molar-refractivity contribution in [3.8, 4) is 11.5 Å². The van der Waals surface area contributed by atoms with Gasteiger partial charge in [0.25, 0.3) is 5.91 Å². The molecule has 1 amide bonds. The number of hydrogen-bond donors (Lipinski definition) is 2. The second kappa shape index (κ2) is 8.14. The van der Waals surface area contributed by atoms with Crippen molar-refractivity contribution >= 4 is 11.6 Å². The molecule has 1 aliphatic rings. The summed E-state index contributed by atoms with van der Waals surface area (Å²) in [7, 11) is 0. The molecule has 0 unspecified atom stereocenters. The molecule has 0 aliphatic heterocycles. The lowest BCUT2D eigenvalue weighted by Crippen LogP contribution is -2.21. The van der Waals surface area contributed by atoms with E-state index in [0.717, 1.165) is 30.4 Å². The first-order chi connectivity index (χ1) is 12.5. The maximum atomic E-state index is 12.1. The third kappa shape index (κ3) is 4.49. The molecule has 138 valence electrons. The van der Waals surface area contributed by atoms with Gasteiger partial charge in [0, 0.05) is 5.69 Å². The average Bonchev–Trinajstić information content (AvgIpc) is 2.62. The normalized spacial score (nSPS) is 16.1. The van der Waals surface area contributed by atoms with E-state index in [0.29, 0.717) is 11.4 Å². The van der Waals surface area contributed by atoms with Crippen molar-refractivity contribution in [2.75, 3.05) is 11.9 Å². The third-order valence-electron chi connectivity index (χ3n) is 4.15. The van der Waals surface area contributed by atoms with Gasteiger partial charge >= 0.3 is 6.61 Å². The molecule has 0 fully saturated rings. The summed E-state index contributed by atoms with van der Waals surface area (Å²) in [6, 6.07) is 11.1. The molecule has 2 aromatic rings. The summed E-state index contributed by atoms with van der Waals surface area (Å²) in [5.74, 6) is 0.238. The number of fused-ring (bicyclic) bond motifs is 1. The van der Waals surface area contributed by atoms with E-state index in [1.54, 1.807) is 12.1 Å². The van der Waals surface area contributed by atoms with Crippen LogP contribution in [-0.2, 0) is 11.2 Å². The highest BCUT2D eigenvalue weighted by molar-refractivity contribution is 5.91. The van der Waals surface area contributed by atoms with Crippen molar-refractivity contribution in [3.05, 3.63) is 53.6 Å². The van der Waals surface area contributed by atoms with E-state index >= 15 is 0 Å². The van der Waals surface area contributed by atoms with Gasteiger partial charge in [-0.2, -0.15) is 8.78 Å². The van der Waals surface area contributed by atoms with Crippen molar-refractivity contribution < 1.29 is 28.2 Å². The number of halogens is 2. The molecule has 0 radical (unpaired) electrons. The molecule has 5 nitrogen and oxygen atoms in total. The zero-order chi connectivity index (χ0) is 18.5.